The zero-order valence-electron chi connectivity index (χ0n) is 11.4. The number of carbonyl (C=O) groups is 1. The van der Waals surface area contributed by atoms with Crippen LogP contribution >= 0.6 is 0 Å². The molecule has 2 rings (SSSR count). The largest absolute Gasteiger partial charge is 0.380 e. The molecule has 4 heteroatoms. The zero-order chi connectivity index (χ0) is 13.6. The topological polar surface area (TPSA) is 50.4 Å². The van der Waals surface area contributed by atoms with E-state index in [4.69, 9.17) is 4.74 Å². The average molecular weight is 262 g/mol. The highest BCUT2D eigenvalue weighted by Crippen LogP contribution is 2.17. The molecule has 2 N–H and O–H groups in total. The number of carbonyl (C=O) groups excluding carboxylic acids is 1. The highest BCUT2D eigenvalue weighted by Gasteiger charge is 2.27. The second kappa shape index (κ2) is 6.68. The van der Waals surface area contributed by atoms with Gasteiger partial charge in [-0.05, 0) is 25.3 Å². The van der Waals surface area contributed by atoms with Crippen molar-refractivity contribution in [1.82, 2.24) is 10.6 Å². The molecule has 1 unspecified atom stereocenters. The summed E-state index contributed by atoms with van der Waals surface area (Å²) in [5.41, 5.74) is 1.05. The lowest BCUT2D eigenvalue weighted by Gasteiger charge is -2.34. The maximum Gasteiger partial charge on any atom is 0.234 e. The van der Waals surface area contributed by atoms with E-state index in [1.54, 1.807) is 0 Å². The van der Waals surface area contributed by atoms with Crippen LogP contribution in [0.2, 0.25) is 0 Å². The molecule has 1 atom stereocenters. The first kappa shape index (κ1) is 14.0. The van der Waals surface area contributed by atoms with Gasteiger partial charge in [0.1, 0.15) is 0 Å². The lowest BCUT2D eigenvalue weighted by molar-refractivity contribution is -0.121. The number of amides is 1. The van der Waals surface area contributed by atoms with Crippen molar-refractivity contribution in [3.8, 4) is 0 Å². The third kappa shape index (κ3) is 4.65. The van der Waals surface area contributed by atoms with Crippen molar-refractivity contribution < 1.29 is 9.53 Å². The summed E-state index contributed by atoms with van der Waals surface area (Å²) in [5, 5.41) is 6.21. The minimum absolute atomic E-state index is 0.0238. The summed E-state index contributed by atoms with van der Waals surface area (Å²) < 4.78 is 5.45. The predicted octanol–water partition coefficient (Wildman–Crippen LogP) is 1.46. The van der Waals surface area contributed by atoms with Gasteiger partial charge in [-0.2, -0.15) is 0 Å². The van der Waals surface area contributed by atoms with Gasteiger partial charge in [0.15, 0.2) is 0 Å². The molecule has 104 valence electrons. The lowest BCUT2D eigenvalue weighted by Crippen LogP contribution is -2.52. The van der Waals surface area contributed by atoms with Gasteiger partial charge in [0.2, 0.25) is 5.91 Å². The molecule has 0 aliphatic carbocycles. The maximum absolute atomic E-state index is 11.8. The van der Waals surface area contributed by atoms with Crippen LogP contribution in [0.3, 0.4) is 0 Å². The number of ether oxygens (including phenoxy) is 1. The smallest absolute Gasteiger partial charge is 0.234 e. The SMILES string of the molecule is CC1(NCC(=O)NCc2ccccc2)CCCOC1. The Labute approximate surface area is 114 Å². The van der Waals surface area contributed by atoms with Crippen molar-refractivity contribution >= 4 is 5.91 Å². The Morgan fingerprint density at radius 2 is 2.16 bits per heavy atom. The zero-order valence-corrected chi connectivity index (χ0v) is 11.4. The fourth-order valence-corrected chi connectivity index (χ4v) is 2.23. The Balaban J connectivity index is 1.70. The van der Waals surface area contributed by atoms with Gasteiger partial charge in [0.25, 0.3) is 0 Å². The Kier molecular flexibility index (Phi) is 4.93. The molecule has 0 aromatic heterocycles. The van der Waals surface area contributed by atoms with E-state index in [1.807, 2.05) is 30.3 Å². The number of hydrogen-bond donors (Lipinski definition) is 2. The van der Waals surface area contributed by atoms with Crippen molar-refractivity contribution in [2.45, 2.75) is 31.8 Å². The molecule has 19 heavy (non-hydrogen) atoms. The van der Waals surface area contributed by atoms with Crippen LogP contribution < -0.4 is 10.6 Å². The molecule has 1 aliphatic heterocycles. The van der Waals surface area contributed by atoms with E-state index >= 15 is 0 Å². The monoisotopic (exact) mass is 262 g/mol. The van der Waals surface area contributed by atoms with Gasteiger partial charge in [-0.25, -0.2) is 0 Å². The summed E-state index contributed by atoms with van der Waals surface area (Å²) in [6.07, 6.45) is 2.11. The number of rotatable bonds is 5. The van der Waals surface area contributed by atoms with E-state index in [0.29, 0.717) is 19.7 Å². The summed E-state index contributed by atoms with van der Waals surface area (Å²) in [5.74, 6) is 0.0238. The number of benzene rings is 1. The van der Waals surface area contributed by atoms with Crippen molar-refractivity contribution in [2.75, 3.05) is 19.8 Å². The molecule has 1 fully saturated rings. The van der Waals surface area contributed by atoms with Crippen molar-refractivity contribution in [3.05, 3.63) is 35.9 Å². The van der Waals surface area contributed by atoms with Crippen molar-refractivity contribution in [1.29, 1.82) is 0 Å². The Morgan fingerprint density at radius 1 is 1.37 bits per heavy atom. The average Bonchev–Trinajstić information content (AvgIpc) is 2.45. The van der Waals surface area contributed by atoms with Gasteiger partial charge in [-0.1, -0.05) is 30.3 Å². The minimum Gasteiger partial charge on any atom is -0.380 e. The molecule has 0 spiro atoms. The van der Waals surface area contributed by atoms with Gasteiger partial charge in [-0.15, -0.1) is 0 Å². The van der Waals surface area contributed by atoms with Crippen LogP contribution in [-0.4, -0.2) is 31.2 Å². The third-order valence-corrected chi connectivity index (χ3v) is 3.45. The Morgan fingerprint density at radius 3 is 2.84 bits per heavy atom. The summed E-state index contributed by atoms with van der Waals surface area (Å²) in [6.45, 7) is 4.54. The van der Waals surface area contributed by atoms with Gasteiger partial charge in [0, 0.05) is 18.7 Å². The lowest BCUT2D eigenvalue weighted by atomic mass is 9.95. The normalized spacial score (nSPS) is 23.0. The summed E-state index contributed by atoms with van der Waals surface area (Å²) in [6, 6.07) is 9.92. The summed E-state index contributed by atoms with van der Waals surface area (Å²) >= 11 is 0. The van der Waals surface area contributed by atoms with Crippen molar-refractivity contribution in [3.63, 3.8) is 0 Å². The van der Waals surface area contributed by atoms with Crippen LogP contribution in [0, 0.1) is 0 Å². The van der Waals surface area contributed by atoms with E-state index in [1.165, 1.54) is 0 Å². The van der Waals surface area contributed by atoms with E-state index in [-0.39, 0.29) is 11.4 Å². The molecule has 0 radical (unpaired) electrons. The highest BCUT2D eigenvalue weighted by atomic mass is 16.5. The third-order valence-electron chi connectivity index (χ3n) is 3.45. The van der Waals surface area contributed by atoms with E-state index in [2.05, 4.69) is 17.6 Å². The number of nitrogens with one attached hydrogen (secondary N) is 2. The Hall–Kier alpha value is -1.39. The summed E-state index contributed by atoms with van der Waals surface area (Å²) in [4.78, 5) is 11.8. The van der Waals surface area contributed by atoms with Gasteiger partial charge in [0.05, 0.1) is 13.2 Å². The fourth-order valence-electron chi connectivity index (χ4n) is 2.23. The van der Waals surface area contributed by atoms with Crippen LogP contribution in [-0.2, 0) is 16.1 Å². The Bertz CT molecular complexity index is 400. The first-order chi connectivity index (χ1) is 9.18. The van der Waals surface area contributed by atoms with Gasteiger partial charge in [-0.3, -0.25) is 4.79 Å². The predicted molar refractivity (Wildman–Crippen MR) is 74.7 cm³/mol. The van der Waals surface area contributed by atoms with Crippen LogP contribution in [0.5, 0.6) is 0 Å². The molecular weight excluding hydrogens is 240 g/mol. The van der Waals surface area contributed by atoms with Crippen molar-refractivity contribution in [2.24, 2.45) is 0 Å². The van der Waals surface area contributed by atoms with Crippen LogP contribution in [0.1, 0.15) is 25.3 Å². The molecule has 1 aromatic rings. The molecule has 1 aliphatic rings. The molecule has 1 heterocycles. The molecule has 1 saturated heterocycles. The molecule has 0 bridgehead atoms. The standard InChI is InChI=1S/C15H22N2O2/c1-15(8-5-9-19-12-15)17-11-14(18)16-10-13-6-3-2-4-7-13/h2-4,6-7,17H,5,8-12H2,1H3,(H,16,18). The molecule has 1 amide bonds. The van der Waals surface area contributed by atoms with Gasteiger partial charge >= 0.3 is 0 Å². The highest BCUT2D eigenvalue weighted by molar-refractivity contribution is 5.78. The fraction of sp³-hybridized carbons (Fsp3) is 0.533. The van der Waals surface area contributed by atoms with Crippen LogP contribution in [0.15, 0.2) is 30.3 Å². The van der Waals surface area contributed by atoms with Crippen LogP contribution in [0.25, 0.3) is 0 Å². The first-order valence-corrected chi connectivity index (χ1v) is 6.81. The number of hydrogen-bond acceptors (Lipinski definition) is 3. The van der Waals surface area contributed by atoms with E-state index in [0.717, 1.165) is 25.0 Å². The quantitative estimate of drug-likeness (QED) is 0.844. The molecule has 0 saturated carbocycles. The maximum atomic E-state index is 11.8. The molecule has 4 nitrogen and oxygen atoms in total. The van der Waals surface area contributed by atoms with E-state index in [9.17, 15) is 4.79 Å². The van der Waals surface area contributed by atoms with Gasteiger partial charge < -0.3 is 15.4 Å². The second-order valence-corrected chi connectivity index (χ2v) is 5.33. The van der Waals surface area contributed by atoms with Crippen LogP contribution in [0.4, 0.5) is 0 Å². The molecular formula is C15H22N2O2. The first-order valence-electron chi connectivity index (χ1n) is 6.81. The summed E-state index contributed by atoms with van der Waals surface area (Å²) in [7, 11) is 0. The second-order valence-electron chi connectivity index (χ2n) is 5.33. The minimum atomic E-state index is -0.0671. The molecule has 1 aromatic carbocycles. The van der Waals surface area contributed by atoms with E-state index < -0.39 is 0 Å².